The number of aromatic nitrogens is 2. The quantitative estimate of drug-likeness (QED) is 0.635. The number of carbonyl (C=O) groups is 2. The first-order valence-corrected chi connectivity index (χ1v) is 8.79. The Labute approximate surface area is 146 Å². The highest BCUT2D eigenvalue weighted by Crippen LogP contribution is 2.30. The predicted octanol–water partition coefficient (Wildman–Crippen LogP) is 2.49. The van der Waals surface area contributed by atoms with E-state index >= 15 is 0 Å². The second-order valence-corrected chi connectivity index (χ2v) is 8.66. The van der Waals surface area contributed by atoms with Gasteiger partial charge in [-0.3, -0.25) is 4.79 Å². The summed E-state index contributed by atoms with van der Waals surface area (Å²) in [6.45, 7) is 9.06. The third-order valence-electron chi connectivity index (χ3n) is 3.61. The van der Waals surface area contributed by atoms with E-state index in [1.807, 2.05) is 25.7 Å². The molecule has 1 amide bonds. The molecule has 2 rings (SSSR count). The van der Waals surface area contributed by atoms with E-state index in [0.717, 1.165) is 12.8 Å². The van der Waals surface area contributed by atoms with Gasteiger partial charge in [0.05, 0.1) is 0 Å². The summed E-state index contributed by atoms with van der Waals surface area (Å²) in [4.78, 5) is 33.1. The van der Waals surface area contributed by atoms with Gasteiger partial charge in [0.15, 0.2) is 10.9 Å². The molecule has 0 bridgehead atoms. The molecule has 0 atom stereocenters. The molecule has 0 aromatic carbocycles. The van der Waals surface area contributed by atoms with Crippen molar-refractivity contribution in [2.45, 2.75) is 56.5 Å². The van der Waals surface area contributed by atoms with Gasteiger partial charge in [-0.15, -0.1) is 0 Å². The van der Waals surface area contributed by atoms with Crippen molar-refractivity contribution < 1.29 is 14.7 Å². The first kappa shape index (κ1) is 18.5. The molecule has 2 heterocycles. The second-order valence-electron chi connectivity index (χ2n) is 6.87. The number of likely N-dealkylation sites (tertiary alicyclic amines) is 1. The number of carbonyl (C=O) groups excluding carboxylic acids is 1. The van der Waals surface area contributed by atoms with Crippen LogP contribution in [0.1, 0.15) is 51.0 Å². The van der Waals surface area contributed by atoms with E-state index in [1.54, 1.807) is 6.92 Å². The van der Waals surface area contributed by atoms with Crippen molar-refractivity contribution in [2.24, 2.45) is 0 Å². The maximum atomic E-state index is 11.4. The third kappa shape index (κ3) is 5.36. The van der Waals surface area contributed by atoms with Crippen LogP contribution in [0.15, 0.2) is 11.2 Å². The van der Waals surface area contributed by atoms with Gasteiger partial charge in [-0.2, -0.15) is 0 Å². The van der Waals surface area contributed by atoms with Gasteiger partial charge in [0.2, 0.25) is 5.91 Å². The van der Waals surface area contributed by atoms with Crippen LogP contribution < -0.4 is 5.32 Å². The minimum Gasteiger partial charge on any atom is -0.477 e. The first-order chi connectivity index (χ1) is 11.1. The Hall–Kier alpha value is -1.83. The maximum Gasteiger partial charge on any atom is 0.354 e. The van der Waals surface area contributed by atoms with E-state index in [2.05, 4.69) is 15.3 Å². The Morgan fingerprint density at radius 1 is 1.29 bits per heavy atom. The summed E-state index contributed by atoms with van der Waals surface area (Å²) in [6, 6.07) is 1.64. The van der Waals surface area contributed by atoms with Gasteiger partial charge in [0.25, 0.3) is 0 Å². The number of anilines is 1. The number of piperidine rings is 1. The van der Waals surface area contributed by atoms with E-state index in [-0.39, 0.29) is 22.4 Å². The summed E-state index contributed by atoms with van der Waals surface area (Å²) >= 11 is 1.43. The summed E-state index contributed by atoms with van der Waals surface area (Å²) in [5.74, 6) is -0.453. The third-order valence-corrected chi connectivity index (χ3v) is 4.59. The highest BCUT2D eigenvalue weighted by Gasteiger charge is 2.22. The number of amides is 1. The lowest BCUT2D eigenvalue weighted by molar-refractivity contribution is -0.129. The number of thioether (sulfide) groups is 1. The Balaban J connectivity index is 2.11. The SMILES string of the molecule is CC(=O)N1CCC(Nc2cc(C(=O)O)nc(SC(C)(C)C)n2)CC1. The van der Waals surface area contributed by atoms with Crippen LogP contribution in [0.25, 0.3) is 0 Å². The van der Waals surface area contributed by atoms with Gasteiger partial charge in [0, 0.05) is 36.9 Å². The molecule has 8 heteroatoms. The van der Waals surface area contributed by atoms with E-state index in [9.17, 15) is 14.7 Å². The average molecular weight is 352 g/mol. The van der Waals surface area contributed by atoms with Gasteiger partial charge in [-0.05, 0) is 12.8 Å². The molecule has 7 nitrogen and oxygen atoms in total. The predicted molar refractivity (Wildman–Crippen MR) is 93.5 cm³/mol. The summed E-state index contributed by atoms with van der Waals surface area (Å²) < 4.78 is -0.110. The number of hydrogen-bond donors (Lipinski definition) is 2. The standard InChI is InChI=1S/C16H24N4O3S/c1-10(21)20-7-5-11(6-8-20)17-13-9-12(14(22)23)18-15(19-13)24-16(2,3)4/h9,11H,5-8H2,1-4H3,(H,22,23)(H,17,18,19). The fourth-order valence-electron chi connectivity index (χ4n) is 2.48. The van der Waals surface area contributed by atoms with Crippen LogP contribution in [-0.4, -0.2) is 55.7 Å². The lowest BCUT2D eigenvalue weighted by Crippen LogP contribution is -2.41. The Morgan fingerprint density at radius 3 is 2.42 bits per heavy atom. The van der Waals surface area contributed by atoms with Crippen molar-refractivity contribution in [2.75, 3.05) is 18.4 Å². The molecule has 1 aliphatic heterocycles. The van der Waals surface area contributed by atoms with Crippen LogP contribution in [-0.2, 0) is 4.79 Å². The van der Waals surface area contributed by atoms with Gasteiger partial charge in [-0.1, -0.05) is 32.5 Å². The highest BCUT2D eigenvalue weighted by atomic mass is 32.2. The van der Waals surface area contributed by atoms with Crippen molar-refractivity contribution in [1.82, 2.24) is 14.9 Å². The first-order valence-electron chi connectivity index (χ1n) is 7.97. The maximum absolute atomic E-state index is 11.4. The molecule has 2 N–H and O–H groups in total. The van der Waals surface area contributed by atoms with Crippen LogP contribution in [0.3, 0.4) is 0 Å². The number of aromatic carboxylic acids is 1. The van der Waals surface area contributed by atoms with E-state index < -0.39 is 5.97 Å². The number of carboxylic acids is 1. The molecule has 0 aliphatic carbocycles. The van der Waals surface area contributed by atoms with Gasteiger partial charge in [-0.25, -0.2) is 14.8 Å². The summed E-state index contributed by atoms with van der Waals surface area (Å²) in [5, 5.41) is 13.0. The minimum absolute atomic E-state index is 0.0135. The van der Waals surface area contributed by atoms with Crippen LogP contribution >= 0.6 is 11.8 Å². The molecule has 1 aromatic heterocycles. The smallest absolute Gasteiger partial charge is 0.354 e. The molecule has 0 saturated carbocycles. The topological polar surface area (TPSA) is 95.4 Å². The molecule has 0 spiro atoms. The fourth-order valence-corrected chi connectivity index (χ4v) is 3.31. The second kappa shape index (κ2) is 7.38. The normalized spacial score (nSPS) is 16.1. The van der Waals surface area contributed by atoms with Crippen molar-refractivity contribution in [3.8, 4) is 0 Å². The average Bonchev–Trinajstić information content (AvgIpc) is 2.45. The Morgan fingerprint density at radius 2 is 1.92 bits per heavy atom. The highest BCUT2D eigenvalue weighted by molar-refractivity contribution is 8.00. The lowest BCUT2D eigenvalue weighted by atomic mass is 10.1. The zero-order valence-corrected chi connectivity index (χ0v) is 15.3. The largest absolute Gasteiger partial charge is 0.477 e. The number of nitrogens with one attached hydrogen (secondary N) is 1. The summed E-state index contributed by atoms with van der Waals surface area (Å²) in [6.07, 6.45) is 1.63. The van der Waals surface area contributed by atoms with Gasteiger partial charge >= 0.3 is 5.97 Å². The molecule has 132 valence electrons. The van der Waals surface area contributed by atoms with Crippen LogP contribution in [0.2, 0.25) is 0 Å². The molecule has 1 aromatic rings. The zero-order chi connectivity index (χ0) is 17.9. The molecule has 0 radical (unpaired) electrons. The monoisotopic (exact) mass is 352 g/mol. The van der Waals surface area contributed by atoms with Gasteiger partial charge < -0.3 is 15.3 Å². The minimum atomic E-state index is -1.07. The van der Waals surface area contributed by atoms with Crippen LogP contribution in [0.4, 0.5) is 5.82 Å². The van der Waals surface area contributed by atoms with Crippen LogP contribution in [0, 0.1) is 0 Å². The van der Waals surface area contributed by atoms with Crippen molar-refractivity contribution in [3.63, 3.8) is 0 Å². The summed E-state index contributed by atoms with van der Waals surface area (Å²) in [7, 11) is 0. The number of carboxylic acid groups (broad SMARTS) is 1. The van der Waals surface area contributed by atoms with Gasteiger partial charge in [0.1, 0.15) is 5.82 Å². The number of rotatable bonds is 4. The van der Waals surface area contributed by atoms with E-state index in [1.165, 1.54) is 17.8 Å². The number of hydrogen-bond acceptors (Lipinski definition) is 6. The van der Waals surface area contributed by atoms with E-state index in [4.69, 9.17) is 0 Å². The molecule has 0 unspecified atom stereocenters. The lowest BCUT2D eigenvalue weighted by Gasteiger charge is -2.32. The molecular formula is C16H24N4O3S. The molecule has 1 fully saturated rings. The van der Waals surface area contributed by atoms with E-state index in [0.29, 0.717) is 24.1 Å². The van der Waals surface area contributed by atoms with Crippen LogP contribution in [0.5, 0.6) is 0 Å². The molecule has 1 aliphatic rings. The van der Waals surface area contributed by atoms with Crippen molar-refractivity contribution in [1.29, 1.82) is 0 Å². The molecule has 1 saturated heterocycles. The fraction of sp³-hybridized carbons (Fsp3) is 0.625. The summed E-state index contributed by atoms with van der Waals surface area (Å²) in [5.41, 5.74) is -0.0135. The molecular weight excluding hydrogens is 328 g/mol. The Bertz CT molecular complexity index is 622. The molecule has 24 heavy (non-hydrogen) atoms. The zero-order valence-electron chi connectivity index (χ0n) is 14.5. The number of nitrogens with zero attached hydrogens (tertiary/aromatic N) is 3. The Kier molecular flexibility index (Phi) is 5.69. The van der Waals surface area contributed by atoms with Crippen molar-refractivity contribution in [3.05, 3.63) is 11.8 Å². The van der Waals surface area contributed by atoms with Crippen molar-refractivity contribution >= 4 is 29.5 Å².